The van der Waals surface area contributed by atoms with E-state index < -0.39 is 40.9 Å². The molecule has 7 aromatic rings. The molecule has 17 heteroatoms. The van der Waals surface area contributed by atoms with Crippen molar-refractivity contribution in [1.82, 2.24) is 25.4 Å². The summed E-state index contributed by atoms with van der Waals surface area (Å²) in [4.78, 5) is 56.6. The van der Waals surface area contributed by atoms with Gasteiger partial charge in [0.1, 0.15) is 32.7 Å². The van der Waals surface area contributed by atoms with Crippen molar-refractivity contribution in [3.8, 4) is 0 Å². The van der Waals surface area contributed by atoms with E-state index in [0.29, 0.717) is 15.0 Å². The lowest BCUT2D eigenvalue weighted by molar-refractivity contribution is -0.154. The molecule has 0 spiro atoms. The summed E-state index contributed by atoms with van der Waals surface area (Å²) in [6.45, 7) is 0. The highest BCUT2D eigenvalue weighted by Gasteiger charge is 2.55. The van der Waals surface area contributed by atoms with Gasteiger partial charge >= 0.3 is 5.97 Å². The first kappa shape index (κ1) is 42.0. The molecule has 1 saturated heterocycles. The van der Waals surface area contributed by atoms with Gasteiger partial charge in [0.25, 0.3) is 11.8 Å². The first-order chi connectivity index (χ1) is 30.8. The molecule has 314 valence electrons. The predicted octanol–water partition coefficient (Wildman–Crippen LogP) is 8.68. The molecule has 0 radical (unpaired) electrons. The molecule has 0 bridgehead atoms. The molecule has 9 rings (SSSR count). The number of β-lactam (4-membered cyclic amide) rings is 1. The van der Waals surface area contributed by atoms with Gasteiger partial charge in [-0.25, -0.2) is 9.78 Å². The van der Waals surface area contributed by atoms with Crippen LogP contribution in [0.15, 0.2) is 177 Å². The van der Waals surface area contributed by atoms with Crippen LogP contribution in [0.3, 0.4) is 0 Å². The molecule has 0 saturated carbocycles. The molecule has 2 aliphatic heterocycles. The minimum absolute atomic E-state index is 0.0209. The fraction of sp³-hybridized carbons (Fsp3) is 0.109. The van der Waals surface area contributed by atoms with Crippen molar-refractivity contribution in [1.29, 1.82) is 0 Å². The largest absolute Gasteiger partial charge is 0.448 e. The second-order valence-electron chi connectivity index (χ2n) is 14.0. The summed E-state index contributed by atoms with van der Waals surface area (Å²) in [7, 11) is 0. The first-order valence-corrected chi connectivity index (χ1v) is 23.3. The number of hydrogen-bond acceptors (Lipinski definition) is 14. The average molecular weight is 929 g/mol. The maximum Gasteiger partial charge on any atom is 0.356 e. The Morgan fingerprint density at radius 2 is 1.38 bits per heavy atom. The monoisotopic (exact) mass is 927 g/mol. The second kappa shape index (κ2) is 18.6. The number of esters is 1. The van der Waals surface area contributed by atoms with Crippen molar-refractivity contribution in [2.45, 2.75) is 27.5 Å². The molecule has 1 unspecified atom stereocenters. The number of anilines is 1. The van der Waals surface area contributed by atoms with E-state index in [1.807, 2.05) is 152 Å². The van der Waals surface area contributed by atoms with E-state index in [4.69, 9.17) is 26.9 Å². The Morgan fingerprint density at radius 1 is 0.841 bits per heavy atom. The van der Waals surface area contributed by atoms with Crippen LogP contribution in [0.25, 0.3) is 0 Å². The molecule has 2 aliphatic rings. The molecule has 0 aliphatic carbocycles. The first-order valence-electron chi connectivity index (χ1n) is 19.4. The highest BCUT2D eigenvalue weighted by Crippen LogP contribution is 2.47. The number of amides is 2. The van der Waals surface area contributed by atoms with Crippen LogP contribution in [-0.4, -0.2) is 60.7 Å². The topological polar surface area (TPSA) is 162 Å². The van der Waals surface area contributed by atoms with E-state index in [0.717, 1.165) is 39.2 Å². The molecule has 63 heavy (non-hydrogen) atoms. The molecule has 2 atom stereocenters. The standard InChI is InChI=1S/C46H34ClN7O5S4/c47-39-34(51-44(48)63-39)35(53-59-46(30-20-10-3-11-21-30,31-22-12-4-13-23-31)32-24-14-5-15-25-32)40(55)50-36-41(56)54-37(33(26-60-42(36)54)62-45-52-49-27-61-45)43(57)58-38(28-16-6-1-7-17-28)29-18-8-2-9-19-29/h1-25,27,36,38,42H,26H2,(H2,48,51)(H,50,55)/t36-,42?/m1/s1. The van der Waals surface area contributed by atoms with Gasteiger partial charge in [0, 0.05) is 27.3 Å². The van der Waals surface area contributed by atoms with E-state index in [1.54, 1.807) is 5.51 Å². The normalized spacial score (nSPS) is 16.3. The van der Waals surface area contributed by atoms with Crippen molar-refractivity contribution in [2.75, 3.05) is 11.5 Å². The number of carbonyl (C=O) groups excluding carboxylic acids is 3. The lowest BCUT2D eigenvalue weighted by Gasteiger charge is -2.49. The van der Waals surface area contributed by atoms with Gasteiger partial charge in [-0.3, -0.25) is 14.5 Å². The average Bonchev–Trinajstić information content (AvgIpc) is 3.97. The highest BCUT2D eigenvalue weighted by molar-refractivity contribution is 8.07. The summed E-state index contributed by atoms with van der Waals surface area (Å²) < 4.78 is 7.00. The van der Waals surface area contributed by atoms with Crippen molar-refractivity contribution in [3.63, 3.8) is 0 Å². The quantitative estimate of drug-likeness (QED) is 0.0353. The molecule has 12 nitrogen and oxygen atoms in total. The number of thioether (sulfide) groups is 2. The number of fused-ring (bicyclic) bond motifs is 1. The van der Waals surface area contributed by atoms with E-state index in [2.05, 4.69) is 25.7 Å². The number of thiazole rings is 1. The van der Waals surface area contributed by atoms with Gasteiger partial charge in [0.15, 0.2) is 21.3 Å². The molecule has 2 amide bonds. The molecular weight excluding hydrogens is 894 g/mol. The van der Waals surface area contributed by atoms with Crippen molar-refractivity contribution in [2.24, 2.45) is 5.16 Å². The van der Waals surface area contributed by atoms with E-state index >= 15 is 0 Å². The third-order valence-corrected chi connectivity index (χ3v) is 14.7. The molecular formula is C46H34ClN7O5S4. The number of oxime groups is 1. The number of rotatable bonds is 14. The number of nitrogen functional groups attached to an aromatic ring is 1. The third kappa shape index (κ3) is 8.47. The molecule has 5 aromatic carbocycles. The maximum absolute atomic E-state index is 14.6. The Bertz CT molecular complexity index is 2670. The Kier molecular flexibility index (Phi) is 12.4. The number of nitrogens with zero attached hydrogens (tertiary/aromatic N) is 5. The lowest BCUT2D eigenvalue weighted by Crippen LogP contribution is -2.71. The summed E-state index contributed by atoms with van der Waals surface area (Å²) in [6.07, 6.45) is -0.774. The van der Waals surface area contributed by atoms with Crippen LogP contribution in [0.2, 0.25) is 4.34 Å². The van der Waals surface area contributed by atoms with E-state index in [9.17, 15) is 14.4 Å². The minimum atomic E-state index is -1.36. The Balaban J connectivity index is 1.06. The summed E-state index contributed by atoms with van der Waals surface area (Å²) >= 11 is 11.6. The van der Waals surface area contributed by atoms with Gasteiger partial charge in [-0.2, -0.15) is 0 Å². The number of benzene rings is 5. The second-order valence-corrected chi connectivity index (χ2v) is 18.9. The van der Waals surface area contributed by atoms with E-state index in [1.165, 1.54) is 39.8 Å². The zero-order valence-corrected chi connectivity index (χ0v) is 36.8. The maximum atomic E-state index is 14.6. The van der Waals surface area contributed by atoms with Gasteiger partial charge < -0.3 is 20.6 Å². The summed E-state index contributed by atoms with van der Waals surface area (Å²) in [5.41, 5.74) is 9.78. The van der Waals surface area contributed by atoms with Gasteiger partial charge in [-0.1, -0.05) is 203 Å². The fourth-order valence-electron chi connectivity index (χ4n) is 7.37. The Morgan fingerprint density at radius 3 is 1.87 bits per heavy atom. The number of aromatic nitrogens is 3. The zero-order chi connectivity index (χ0) is 43.3. The Labute approximate surface area is 383 Å². The van der Waals surface area contributed by atoms with Crippen molar-refractivity contribution < 1.29 is 24.0 Å². The predicted molar refractivity (Wildman–Crippen MR) is 247 cm³/mol. The van der Waals surface area contributed by atoms with E-state index in [-0.39, 0.29) is 26.6 Å². The number of ether oxygens (including phenoxy) is 1. The van der Waals surface area contributed by atoms with Gasteiger partial charge in [-0.15, -0.1) is 22.0 Å². The van der Waals surface area contributed by atoms with Crippen LogP contribution in [0.4, 0.5) is 5.13 Å². The summed E-state index contributed by atoms with van der Waals surface area (Å²) in [5, 5.41) is 15.0. The van der Waals surface area contributed by atoms with Crippen molar-refractivity contribution in [3.05, 3.63) is 206 Å². The SMILES string of the molecule is Nc1nc(C(=NOC(c2ccccc2)(c2ccccc2)c2ccccc2)C(=O)N[C@@H]2C(=O)N3C(C(=O)OC(c4ccccc4)c4ccccc4)=C(Sc4nncs4)CSC23)c(Cl)s1. The van der Waals surface area contributed by atoms with Gasteiger partial charge in [-0.05, 0) is 11.1 Å². The number of hydrogen-bond donors (Lipinski definition) is 2. The summed E-state index contributed by atoms with van der Waals surface area (Å²) in [6, 6.07) is 46.2. The third-order valence-electron chi connectivity index (χ3n) is 10.2. The molecule has 4 heterocycles. The zero-order valence-electron chi connectivity index (χ0n) is 32.8. The van der Waals surface area contributed by atoms with Crippen LogP contribution < -0.4 is 11.1 Å². The highest BCUT2D eigenvalue weighted by atomic mass is 35.5. The van der Waals surface area contributed by atoms with Crippen molar-refractivity contribution >= 4 is 86.4 Å². The minimum Gasteiger partial charge on any atom is -0.448 e. The van der Waals surface area contributed by atoms with Gasteiger partial charge in [0.2, 0.25) is 5.60 Å². The van der Waals surface area contributed by atoms with Gasteiger partial charge in [0.05, 0.1) is 0 Å². The molecule has 1 fully saturated rings. The van der Waals surface area contributed by atoms with Crippen LogP contribution in [0, 0.1) is 0 Å². The molecule has 2 aromatic heterocycles. The number of carbonyl (C=O) groups is 3. The lowest BCUT2D eigenvalue weighted by atomic mass is 9.80. The Hall–Kier alpha value is -6.30. The van der Waals surface area contributed by atoms with Crippen LogP contribution in [0.5, 0.6) is 0 Å². The van der Waals surface area contributed by atoms with Crippen LogP contribution in [-0.2, 0) is 29.6 Å². The fourth-order valence-corrected chi connectivity index (χ4v) is 11.4. The number of nitrogens with one attached hydrogen (secondary N) is 1. The number of nitrogens with two attached hydrogens (primary N) is 1. The smallest absolute Gasteiger partial charge is 0.356 e. The summed E-state index contributed by atoms with van der Waals surface area (Å²) in [5.74, 6) is -1.72. The van der Waals surface area contributed by atoms with Crippen LogP contribution in [0.1, 0.15) is 39.6 Å². The number of halogens is 1. The molecule has 3 N–H and O–H groups in total. The van der Waals surface area contributed by atoms with Crippen LogP contribution >= 0.6 is 57.8 Å².